The predicted octanol–water partition coefficient (Wildman–Crippen LogP) is 4.97. The molecule has 1 aliphatic heterocycles. The topological polar surface area (TPSA) is 52.6 Å². The zero-order valence-corrected chi connectivity index (χ0v) is 14.9. The van der Waals surface area contributed by atoms with Crippen molar-refractivity contribution in [2.45, 2.75) is 6.92 Å². The van der Waals surface area contributed by atoms with Gasteiger partial charge in [0.25, 0.3) is 0 Å². The minimum Gasteiger partial charge on any atom is -0.452 e. The van der Waals surface area contributed by atoms with Crippen molar-refractivity contribution in [3.8, 4) is 11.5 Å². The molecule has 1 heterocycles. The van der Waals surface area contributed by atoms with Gasteiger partial charge in [0.1, 0.15) is 17.3 Å². The molecule has 0 N–H and O–H groups in total. The first kappa shape index (κ1) is 17.7. The lowest BCUT2D eigenvalue weighted by Gasteiger charge is -2.06. The van der Waals surface area contributed by atoms with Crippen LogP contribution in [0.4, 0.5) is 4.39 Å². The molecule has 0 fully saturated rings. The van der Waals surface area contributed by atoms with Gasteiger partial charge in [-0.1, -0.05) is 36.4 Å². The van der Waals surface area contributed by atoms with Crippen LogP contribution < -0.4 is 9.47 Å². The lowest BCUT2D eigenvalue weighted by molar-refractivity contribution is 0.0729. The number of hydrogen-bond acceptors (Lipinski definition) is 4. The van der Waals surface area contributed by atoms with Gasteiger partial charge >= 0.3 is 5.97 Å². The number of fused-ring (bicyclic) bond motifs is 1. The first-order valence-electron chi connectivity index (χ1n) is 8.63. The van der Waals surface area contributed by atoms with E-state index in [-0.39, 0.29) is 22.9 Å². The van der Waals surface area contributed by atoms with E-state index in [1.165, 1.54) is 36.4 Å². The van der Waals surface area contributed by atoms with E-state index in [0.29, 0.717) is 11.3 Å². The molecule has 0 bridgehead atoms. The van der Waals surface area contributed by atoms with Crippen LogP contribution >= 0.6 is 0 Å². The van der Waals surface area contributed by atoms with Crippen LogP contribution in [0, 0.1) is 12.7 Å². The second-order valence-corrected chi connectivity index (χ2v) is 6.32. The molecule has 0 aliphatic carbocycles. The summed E-state index contributed by atoms with van der Waals surface area (Å²) in [5.41, 5.74) is 2.11. The Morgan fingerprint density at radius 1 is 1.04 bits per heavy atom. The molecule has 4 nitrogen and oxygen atoms in total. The van der Waals surface area contributed by atoms with Gasteiger partial charge < -0.3 is 9.47 Å². The van der Waals surface area contributed by atoms with Gasteiger partial charge in [0.2, 0.25) is 5.78 Å². The molecular weight excluding hydrogens is 359 g/mol. The molecule has 4 rings (SSSR count). The van der Waals surface area contributed by atoms with Crippen LogP contribution in [0.1, 0.15) is 31.8 Å². The van der Waals surface area contributed by atoms with Crippen LogP contribution in [0.25, 0.3) is 6.08 Å². The van der Waals surface area contributed by atoms with Crippen molar-refractivity contribution in [2.24, 2.45) is 0 Å². The van der Waals surface area contributed by atoms with Crippen LogP contribution in [0.5, 0.6) is 11.5 Å². The lowest BCUT2D eigenvalue weighted by Crippen LogP contribution is -2.10. The van der Waals surface area contributed by atoms with Crippen LogP contribution in [0.15, 0.2) is 72.5 Å². The highest BCUT2D eigenvalue weighted by Crippen LogP contribution is 2.35. The fourth-order valence-electron chi connectivity index (χ4n) is 2.91. The summed E-state index contributed by atoms with van der Waals surface area (Å²) in [4.78, 5) is 24.7. The normalized spacial score (nSPS) is 13.9. The maximum absolute atomic E-state index is 13.7. The molecule has 0 spiro atoms. The Hall–Kier alpha value is -3.73. The average Bonchev–Trinajstić information content (AvgIpc) is 2.99. The molecule has 0 atom stereocenters. The number of ether oxygens (including phenoxy) is 2. The standard InChI is InChI=1S/C23H15FO4/c1-14-6-2-3-7-15(14)12-21-22(25)18-11-10-16(13-20(18)28-21)27-23(26)17-8-4-5-9-19(17)24/h2-13H,1H3. The maximum atomic E-state index is 13.7. The second kappa shape index (κ2) is 7.12. The molecule has 3 aromatic carbocycles. The SMILES string of the molecule is Cc1ccccc1C=C1Oc2cc(OC(=O)c3ccccc3F)ccc2C1=O. The average molecular weight is 374 g/mol. The zero-order valence-electron chi connectivity index (χ0n) is 14.9. The van der Waals surface area contributed by atoms with Crippen molar-refractivity contribution in [1.29, 1.82) is 0 Å². The number of aryl methyl sites for hydroxylation is 1. The van der Waals surface area contributed by atoms with Crippen molar-refractivity contribution in [3.63, 3.8) is 0 Å². The van der Waals surface area contributed by atoms with Gasteiger partial charge in [-0.05, 0) is 48.4 Å². The fraction of sp³-hybridized carbons (Fsp3) is 0.0435. The Kier molecular flexibility index (Phi) is 4.49. The van der Waals surface area contributed by atoms with Crippen molar-refractivity contribution in [3.05, 3.63) is 101 Å². The largest absolute Gasteiger partial charge is 0.452 e. The van der Waals surface area contributed by atoms with Gasteiger partial charge in [0.05, 0.1) is 11.1 Å². The van der Waals surface area contributed by atoms with E-state index >= 15 is 0 Å². The van der Waals surface area contributed by atoms with E-state index in [0.717, 1.165) is 11.1 Å². The number of carbonyl (C=O) groups excluding carboxylic acids is 2. The molecule has 0 amide bonds. The number of rotatable bonds is 3. The summed E-state index contributed by atoms with van der Waals surface area (Å²) in [7, 11) is 0. The second-order valence-electron chi connectivity index (χ2n) is 6.32. The fourth-order valence-corrected chi connectivity index (χ4v) is 2.91. The molecule has 0 unspecified atom stereocenters. The summed E-state index contributed by atoms with van der Waals surface area (Å²) in [5.74, 6) is -1.07. The van der Waals surface area contributed by atoms with E-state index in [1.54, 1.807) is 12.1 Å². The Morgan fingerprint density at radius 3 is 2.57 bits per heavy atom. The van der Waals surface area contributed by atoms with Gasteiger partial charge in [-0.15, -0.1) is 0 Å². The maximum Gasteiger partial charge on any atom is 0.346 e. The van der Waals surface area contributed by atoms with Crippen molar-refractivity contribution in [1.82, 2.24) is 0 Å². The number of carbonyl (C=O) groups is 2. The molecule has 0 radical (unpaired) electrons. The van der Waals surface area contributed by atoms with E-state index in [1.807, 2.05) is 31.2 Å². The van der Waals surface area contributed by atoms with Crippen molar-refractivity contribution in [2.75, 3.05) is 0 Å². The molecular formula is C23H15FO4. The highest BCUT2D eigenvalue weighted by atomic mass is 19.1. The highest BCUT2D eigenvalue weighted by Gasteiger charge is 2.28. The monoisotopic (exact) mass is 374 g/mol. The molecule has 138 valence electrons. The number of Topliss-reactive ketones (excluding diaryl/α,β-unsaturated/α-hetero) is 1. The van der Waals surface area contributed by atoms with E-state index in [4.69, 9.17) is 9.47 Å². The number of allylic oxidation sites excluding steroid dienone is 1. The van der Waals surface area contributed by atoms with Crippen LogP contribution in [-0.2, 0) is 0 Å². The van der Waals surface area contributed by atoms with Crippen LogP contribution in [0.3, 0.4) is 0 Å². The molecule has 3 aromatic rings. The molecule has 5 heteroatoms. The molecule has 1 aliphatic rings. The number of halogens is 1. The number of esters is 1. The summed E-state index contributed by atoms with van der Waals surface area (Å²) in [5, 5.41) is 0. The number of ketones is 1. The van der Waals surface area contributed by atoms with Gasteiger partial charge in [0.15, 0.2) is 5.76 Å². The van der Waals surface area contributed by atoms with Gasteiger partial charge in [-0.3, -0.25) is 4.79 Å². The molecule has 28 heavy (non-hydrogen) atoms. The van der Waals surface area contributed by atoms with Crippen LogP contribution in [0.2, 0.25) is 0 Å². The Bertz CT molecular complexity index is 1130. The highest BCUT2D eigenvalue weighted by molar-refractivity contribution is 6.14. The third-order valence-electron chi connectivity index (χ3n) is 4.42. The first-order chi connectivity index (χ1) is 13.5. The molecule has 0 aromatic heterocycles. The minimum atomic E-state index is -0.821. The summed E-state index contributed by atoms with van der Waals surface area (Å²) in [6.45, 7) is 1.94. The smallest absolute Gasteiger partial charge is 0.346 e. The van der Waals surface area contributed by atoms with Gasteiger partial charge in [-0.2, -0.15) is 0 Å². The zero-order chi connectivity index (χ0) is 19.7. The quantitative estimate of drug-likeness (QED) is 0.369. The third kappa shape index (κ3) is 3.30. The lowest BCUT2D eigenvalue weighted by atomic mass is 10.1. The Balaban J connectivity index is 1.58. The van der Waals surface area contributed by atoms with Gasteiger partial charge in [0, 0.05) is 6.07 Å². The van der Waals surface area contributed by atoms with Gasteiger partial charge in [-0.25, -0.2) is 9.18 Å². The van der Waals surface area contributed by atoms with Crippen molar-refractivity contribution < 1.29 is 23.5 Å². The first-order valence-corrected chi connectivity index (χ1v) is 8.63. The summed E-state index contributed by atoms with van der Waals surface area (Å²) in [6.07, 6.45) is 1.68. The Morgan fingerprint density at radius 2 is 1.79 bits per heavy atom. The van der Waals surface area contributed by atoms with E-state index in [9.17, 15) is 14.0 Å². The summed E-state index contributed by atoms with van der Waals surface area (Å²) < 4.78 is 24.6. The third-order valence-corrected chi connectivity index (χ3v) is 4.42. The predicted molar refractivity (Wildman–Crippen MR) is 102 cm³/mol. The van der Waals surface area contributed by atoms with Crippen LogP contribution in [-0.4, -0.2) is 11.8 Å². The molecule has 0 saturated heterocycles. The molecule has 0 saturated carbocycles. The summed E-state index contributed by atoms with van der Waals surface area (Å²) >= 11 is 0. The van der Waals surface area contributed by atoms with Crippen molar-refractivity contribution >= 4 is 17.8 Å². The number of hydrogen-bond donors (Lipinski definition) is 0. The van der Waals surface area contributed by atoms with E-state index in [2.05, 4.69) is 0 Å². The number of benzene rings is 3. The Labute approximate surface area is 160 Å². The minimum absolute atomic E-state index is 0.164. The van der Waals surface area contributed by atoms with E-state index < -0.39 is 11.8 Å². The summed E-state index contributed by atoms with van der Waals surface area (Å²) in [6, 6.07) is 17.7.